The predicted molar refractivity (Wildman–Crippen MR) is 125 cm³/mol. The first-order chi connectivity index (χ1) is 14.9. The summed E-state index contributed by atoms with van der Waals surface area (Å²) in [5.41, 5.74) is 2.26. The number of amides is 1. The summed E-state index contributed by atoms with van der Waals surface area (Å²) in [4.78, 5) is 30.6. The first-order valence-corrected chi connectivity index (χ1v) is 10.9. The number of hydrogen-bond donors (Lipinski definition) is 1. The smallest absolute Gasteiger partial charge is 0.240 e. The number of anilines is 1. The molecular formula is C24H26ClN3O3. The number of nitrogens with one attached hydrogen (secondary N) is 1. The number of rotatable bonds is 5. The highest BCUT2D eigenvalue weighted by atomic mass is 35.5. The molecule has 0 spiro atoms. The van der Waals surface area contributed by atoms with E-state index in [1.54, 1.807) is 18.2 Å². The third-order valence-corrected chi connectivity index (χ3v) is 5.96. The highest BCUT2D eigenvalue weighted by Gasteiger charge is 2.21. The molecule has 1 fully saturated rings. The molecule has 162 valence electrons. The Hall–Kier alpha value is -2.67. The molecular weight excluding hydrogens is 414 g/mol. The lowest BCUT2D eigenvalue weighted by Gasteiger charge is -2.33. The number of carbonyl (C=O) groups is 1. The van der Waals surface area contributed by atoms with Crippen LogP contribution in [-0.2, 0) is 4.79 Å². The summed E-state index contributed by atoms with van der Waals surface area (Å²) < 4.78 is 5.99. The van der Waals surface area contributed by atoms with Gasteiger partial charge in [0, 0.05) is 31.2 Å². The quantitative estimate of drug-likeness (QED) is 0.651. The third kappa shape index (κ3) is 4.82. The Bertz CT molecular complexity index is 1150. The molecule has 0 unspecified atom stereocenters. The van der Waals surface area contributed by atoms with Crippen LogP contribution >= 0.6 is 11.6 Å². The molecule has 0 aliphatic carbocycles. The number of carbonyl (C=O) groups excluding carboxylic acids is 1. The summed E-state index contributed by atoms with van der Waals surface area (Å²) >= 11 is 6.10. The molecule has 1 aliphatic heterocycles. The van der Waals surface area contributed by atoms with Crippen molar-refractivity contribution < 1.29 is 9.21 Å². The van der Waals surface area contributed by atoms with Crippen molar-refractivity contribution in [1.82, 2.24) is 9.80 Å². The number of piperazine rings is 1. The standard InChI is InChI=1S/C24H26ClN3O3/c1-3-27-10-12-28(13-11-27)15-21(29)26-24-22(17-6-4-16(2)5-7-17)23(30)19-14-18(25)8-9-20(19)31-24/h4-9,14H,3,10-13,15H2,1-2H3,(H,26,29). The number of aryl methyl sites for hydroxylation is 1. The SMILES string of the molecule is CCN1CCN(CC(=O)Nc2oc3ccc(Cl)cc3c(=O)c2-c2ccc(C)cc2)CC1. The number of nitrogens with zero attached hydrogens (tertiary/aromatic N) is 2. The van der Waals surface area contributed by atoms with Gasteiger partial charge in [-0.2, -0.15) is 0 Å². The van der Waals surface area contributed by atoms with Crippen LogP contribution in [0.25, 0.3) is 22.1 Å². The molecule has 0 atom stereocenters. The van der Waals surface area contributed by atoms with E-state index >= 15 is 0 Å². The minimum atomic E-state index is -0.223. The van der Waals surface area contributed by atoms with E-state index in [9.17, 15) is 9.59 Å². The van der Waals surface area contributed by atoms with Gasteiger partial charge in [-0.05, 0) is 37.2 Å². The second-order valence-electron chi connectivity index (χ2n) is 7.90. The van der Waals surface area contributed by atoms with Gasteiger partial charge in [0.2, 0.25) is 17.2 Å². The molecule has 0 saturated carbocycles. The normalized spacial score (nSPS) is 15.3. The number of fused-ring (bicyclic) bond motifs is 1. The van der Waals surface area contributed by atoms with Crippen molar-refractivity contribution in [2.75, 3.05) is 44.6 Å². The van der Waals surface area contributed by atoms with Crippen molar-refractivity contribution in [3.05, 3.63) is 63.3 Å². The van der Waals surface area contributed by atoms with E-state index in [0.717, 1.165) is 38.3 Å². The van der Waals surface area contributed by atoms with Crippen LogP contribution in [-0.4, -0.2) is 55.0 Å². The van der Waals surface area contributed by atoms with E-state index in [0.29, 0.717) is 27.1 Å². The maximum absolute atomic E-state index is 13.3. The van der Waals surface area contributed by atoms with Crippen LogP contribution in [0, 0.1) is 6.92 Å². The topological polar surface area (TPSA) is 65.8 Å². The Labute approximate surface area is 186 Å². The Balaban J connectivity index is 1.66. The molecule has 1 saturated heterocycles. The highest BCUT2D eigenvalue weighted by Crippen LogP contribution is 2.30. The van der Waals surface area contributed by atoms with Crippen LogP contribution in [0.15, 0.2) is 51.7 Å². The van der Waals surface area contributed by atoms with Gasteiger partial charge in [0.1, 0.15) is 5.58 Å². The second-order valence-corrected chi connectivity index (χ2v) is 8.34. The maximum atomic E-state index is 13.3. The molecule has 2 heterocycles. The minimum Gasteiger partial charge on any atom is -0.439 e. The molecule has 1 aliphatic rings. The van der Waals surface area contributed by atoms with E-state index in [1.807, 2.05) is 31.2 Å². The van der Waals surface area contributed by atoms with Gasteiger partial charge in [-0.1, -0.05) is 48.4 Å². The van der Waals surface area contributed by atoms with Gasteiger partial charge in [-0.3, -0.25) is 19.8 Å². The van der Waals surface area contributed by atoms with Gasteiger partial charge < -0.3 is 9.32 Å². The Morgan fingerprint density at radius 3 is 2.42 bits per heavy atom. The van der Waals surface area contributed by atoms with Crippen molar-refractivity contribution in [2.24, 2.45) is 0 Å². The molecule has 0 bridgehead atoms. The summed E-state index contributed by atoms with van der Waals surface area (Å²) in [5.74, 6) is -0.0318. The summed E-state index contributed by atoms with van der Waals surface area (Å²) in [6.45, 7) is 8.98. The summed E-state index contributed by atoms with van der Waals surface area (Å²) in [7, 11) is 0. The van der Waals surface area contributed by atoms with Crippen molar-refractivity contribution in [3.8, 4) is 11.1 Å². The molecule has 31 heavy (non-hydrogen) atoms. The zero-order chi connectivity index (χ0) is 22.0. The molecule has 2 aromatic carbocycles. The Morgan fingerprint density at radius 2 is 1.74 bits per heavy atom. The number of likely N-dealkylation sites (N-methyl/N-ethyl adjacent to an activating group) is 1. The summed E-state index contributed by atoms with van der Waals surface area (Å²) in [6.07, 6.45) is 0. The predicted octanol–water partition coefficient (Wildman–Crippen LogP) is 4.00. The third-order valence-electron chi connectivity index (χ3n) is 5.72. The summed E-state index contributed by atoms with van der Waals surface area (Å²) in [5, 5.41) is 3.69. The van der Waals surface area contributed by atoms with Gasteiger partial charge in [-0.15, -0.1) is 0 Å². The van der Waals surface area contributed by atoms with Gasteiger partial charge in [-0.25, -0.2) is 0 Å². The van der Waals surface area contributed by atoms with Crippen molar-refractivity contribution in [3.63, 3.8) is 0 Å². The summed E-state index contributed by atoms with van der Waals surface area (Å²) in [6, 6.07) is 12.5. The van der Waals surface area contributed by atoms with Crippen LogP contribution in [0.3, 0.4) is 0 Å². The number of hydrogen-bond acceptors (Lipinski definition) is 5. The molecule has 1 N–H and O–H groups in total. The van der Waals surface area contributed by atoms with E-state index in [-0.39, 0.29) is 23.8 Å². The van der Waals surface area contributed by atoms with Gasteiger partial charge >= 0.3 is 0 Å². The molecule has 1 aromatic heterocycles. The number of benzene rings is 2. The van der Waals surface area contributed by atoms with Crippen LogP contribution in [0.2, 0.25) is 5.02 Å². The van der Waals surface area contributed by atoms with Crippen LogP contribution in [0.1, 0.15) is 12.5 Å². The van der Waals surface area contributed by atoms with Crippen molar-refractivity contribution >= 4 is 34.4 Å². The van der Waals surface area contributed by atoms with Gasteiger partial charge in [0.05, 0.1) is 17.5 Å². The largest absolute Gasteiger partial charge is 0.439 e. The Morgan fingerprint density at radius 1 is 1.06 bits per heavy atom. The average molecular weight is 440 g/mol. The Kier molecular flexibility index (Phi) is 6.41. The van der Waals surface area contributed by atoms with E-state index in [1.165, 1.54) is 0 Å². The molecule has 1 amide bonds. The maximum Gasteiger partial charge on any atom is 0.240 e. The molecule has 3 aromatic rings. The lowest BCUT2D eigenvalue weighted by Crippen LogP contribution is -2.48. The molecule has 4 rings (SSSR count). The second kappa shape index (κ2) is 9.22. The van der Waals surface area contributed by atoms with Crippen LogP contribution < -0.4 is 10.7 Å². The van der Waals surface area contributed by atoms with Crippen LogP contribution in [0.5, 0.6) is 0 Å². The monoisotopic (exact) mass is 439 g/mol. The highest BCUT2D eigenvalue weighted by molar-refractivity contribution is 6.31. The van der Waals surface area contributed by atoms with Crippen molar-refractivity contribution in [2.45, 2.75) is 13.8 Å². The van der Waals surface area contributed by atoms with Crippen LogP contribution in [0.4, 0.5) is 5.88 Å². The first kappa shape index (κ1) is 21.6. The molecule has 6 nitrogen and oxygen atoms in total. The zero-order valence-corrected chi connectivity index (χ0v) is 18.5. The number of halogens is 1. The zero-order valence-electron chi connectivity index (χ0n) is 17.8. The first-order valence-electron chi connectivity index (χ1n) is 10.5. The average Bonchev–Trinajstić information content (AvgIpc) is 2.76. The fourth-order valence-electron chi connectivity index (χ4n) is 3.87. The molecule has 0 radical (unpaired) electrons. The van der Waals surface area contributed by atoms with E-state index in [2.05, 4.69) is 22.0 Å². The lowest BCUT2D eigenvalue weighted by molar-refractivity contribution is -0.117. The van der Waals surface area contributed by atoms with E-state index in [4.69, 9.17) is 16.0 Å². The minimum absolute atomic E-state index is 0.167. The van der Waals surface area contributed by atoms with Crippen molar-refractivity contribution in [1.29, 1.82) is 0 Å². The van der Waals surface area contributed by atoms with Gasteiger partial charge in [0.15, 0.2) is 0 Å². The lowest BCUT2D eigenvalue weighted by atomic mass is 10.0. The van der Waals surface area contributed by atoms with Gasteiger partial charge in [0.25, 0.3) is 0 Å². The fraction of sp³-hybridized carbons (Fsp3) is 0.333. The fourth-order valence-corrected chi connectivity index (χ4v) is 4.04. The van der Waals surface area contributed by atoms with E-state index < -0.39 is 0 Å². The molecule has 7 heteroatoms.